The van der Waals surface area contributed by atoms with Crippen molar-refractivity contribution >= 4 is 52.2 Å². The van der Waals surface area contributed by atoms with Crippen molar-refractivity contribution in [1.29, 1.82) is 0 Å². The zero-order valence-corrected chi connectivity index (χ0v) is 19.8. The molecule has 0 saturated carbocycles. The minimum absolute atomic E-state index is 0. The van der Waals surface area contributed by atoms with Gasteiger partial charge in [0.15, 0.2) is 6.61 Å². The lowest BCUT2D eigenvalue weighted by Gasteiger charge is -2.36. The monoisotopic (exact) mass is 490 g/mol. The van der Waals surface area contributed by atoms with E-state index in [9.17, 15) is 9.18 Å². The Morgan fingerprint density at radius 1 is 1.15 bits per heavy atom. The maximum absolute atomic E-state index is 14.5. The number of rotatable bonds is 4. The summed E-state index contributed by atoms with van der Waals surface area (Å²) in [6.07, 6.45) is 0.568. The number of benzene rings is 2. The van der Waals surface area contributed by atoms with Crippen molar-refractivity contribution in [1.82, 2.24) is 9.88 Å². The molecule has 3 aromatic rings. The zero-order chi connectivity index (χ0) is 22.2. The van der Waals surface area contributed by atoms with E-state index < -0.39 is 0 Å². The fourth-order valence-corrected chi connectivity index (χ4v) is 4.58. The first-order chi connectivity index (χ1) is 15.5. The number of aromatic nitrogens is 1. The van der Waals surface area contributed by atoms with Crippen molar-refractivity contribution in [2.75, 3.05) is 49.5 Å². The number of hydrogen-bond acceptors (Lipinski definition) is 5. The minimum atomic E-state index is -0.299. The number of pyridine rings is 1. The van der Waals surface area contributed by atoms with Gasteiger partial charge in [0.1, 0.15) is 11.6 Å². The van der Waals surface area contributed by atoms with Crippen molar-refractivity contribution in [3.8, 4) is 5.75 Å². The molecule has 1 fully saturated rings. The van der Waals surface area contributed by atoms with Crippen LogP contribution in [0.4, 0.5) is 15.8 Å². The Morgan fingerprint density at radius 2 is 1.94 bits per heavy atom. The summed E-state index contributed by atoms with van der Waals surface area (Å²) in [4.78, 5) is 20.8. The van der Waals surface area contributed by atoms with Crippen LogP contribution in [0.5, 0.6) is 5.75 Å². The van der Waals surface area contributed by atoms with Gasteiger partial charge in [-0.05, 0) is 49.2 Å². The van der Waals surface area contributed by atoms with Gasteiger partial charge in [-0.2, -0.15) is 0 Å². The van der Waals surface area contributed by atoms with Gasteiger partial charge in [-0.15, -0.1) is 12.4 Å². The summed E-state index contributed by atoms with van der Waals surface area (Å²) in [6.45, 7) is 6.12. The van der Waals surface area contributed by atoms with Crippen LogP contribution in [-0.4, -0.2) is 55.1 Å². The first-order valence-electron chi connectivity index (χ1n) is 10.8. The fourth-order valence-electron chi connectivity index (χ4n) is 4.37. The molecule has 5 rings (SSSR count). The van der Waals surface area contributed by atoms with Crippen LogP contribution in [0, 0.1) is 12.7 Å². The molecule has 0 spiro atoms. The van der Waals surface area contributed by atoms with Crippen molar-refractivity contribution in [3.05, 3.63) is 58.5 Å². The number of ether oxygens (including phenoxy) is 1. The Morgan fingerprint density at radius 3 is 2.73 bits per heavy atom. The SMILES string of the molecule is Cc1ccc2c(N3CCN(CCc4cc5c(cc4F)OCC(=O)N5)CC3)cc(Cl)cc2n1.Cl. The summed E-state index contributed by atoms with van der Waals surface area (Å²) in [7, 11) is 0. The Balaban J connectivity index is 0.00000259. The summed E-state index contributed by atoms with van der Waals surface area (Å²) in [5.41, 5.74) is 4.11. The molecule has 2 aliphatic heterocycles. The average molecular weight is 491 g/mol. The molecule has 1 aromatic heterocycles. The lowest BCUT2D eigenvalue weighted by Crippen LogP contribution is -2.47. The average Bonchev–Trinajstić information content (AvgIpc) is 2.77. The molecule has 0 bridgehead atoms. The topological polar surface area (TPSA) is 57.7 Å². The molecule has 2 aromatic carbocycles. The number of carbonyl (C=O) groups excluding carboxylic acids is 1. The highest BCUT2D eigenvalue weighted by atomic mass is 35.5. The number of piperazine rings is 1. The normalized spacial score (nSPS) is 16.1. The molecule has 0 atom stereocenters. The number of fused-ring (bicyclic) bond motifs is 2. The third kappa shape index (κ3) is 5.00. The van der Waals surface area contributed by atoms with E-state index >= 15 is 0 Å². The third-order valence-electron chi connectivity index (χ3n) is 6.08. The highest BCUT2D eigenvalue weighted by Crippen LogP contribution is 2.32. The van der Waals surface area contributed by atoms with Crippen LogP contribution in [0.1, 0.15) is 11.3 Å². The lowest BCUT2D eigenvalue weighted by molar-refractivity contribution is -0.118. The summed E-state index contributed by atoms with van der Waals surface area (Å²) in [6, 6.07) is 11.1. The largest absolute Gasteiger partial charge is 0.481 e. The van der Waals surface area contributed by atoms with E-state index in [4.69, 9.17) is 16.3 Å². The standard InChI is InChI=1S/C24H24ClFN4O2.ClH/c1-15-2-3-18-20(27-15)11-17(25)12-22(18)30-8-6-29(7-9-30)5-4-16-10-21-23(13-19(16)26)32-14-24(31)28-21;/h2-3,10-13H,4-9,14H2,1H3,(H,28,31);1H. The molecule has 2 aliphatic rings. The van der Waals surface area contributed by atoms with Crippen LogP contribution in [0.25, 0.3) is 10.9 Å². The van der Waals surface area contributed by atoms with Gasteiger partial charge in [-0.3, -0.25) is 14.7 Å². The summed E-state index contributed by atoms with van der Waals surface area (Å²) >= 11 is 6.37. The molecule has 1 amide bonds. The van der Waals surface area contributed by atoms with Crippen molar-refractivity contribution < 1.29 is 13.9 Å². The molecule has 1 saturated heterocycles. The van der Waals surface area contributed by atoms with Crippen LogP contribution >= 0.6 is 24.0 Å². The van der Waals surface area contributed by atoms with Gasteiger partial charge in [0.2, 0.25) is 0 Å². The van der Waals surface area contributed by atoms with E-state index in [1.54, 1.807) is 6.07 Å². The van der Waals surface area contributed by atoms with Gasteiger partial charge in [0.25, 0.3) is 5.91 Å². The van der Waals surface area contributed by atoms with Crippen LogP contribution in [-0.2, 0) is 11.2 Å². The van der Waals surface area contributed by atoms with Crippen molar-refractivity contribution in [2.24, 2.45) is 0 Å². The van der Waals surface area contributed by atoms with Crippen molar-refractivity contribution in [3.63, 3.8) is 0 Å². The first kappa shape index (κ1) is 23.5. The number of aryl methyl sites for hydroxylation is 1. The van der Waals surface area contributed by atoms with E-state index in [0.717, 1.165) is 55.0 Å². The number of hydrogen-bond donors (Lipinski definition) is 1. The number of halogens is 3. The van der Waals surface area contributed by atoms with Crippen LogP contribution in [0.15, 0.2) is 36.4 Å². The smallest absolute Gasteiger partial charge is 0.262 e. The fraction of sp³-hybridized carbons (Fsp3) is 0.333. The van der Waals surface area contributed by atoms with E-state index in [1.165, 1.54) is 6.07 Å². The van der Waals surface area contributed by atoms with E-state index in [-0.39, 0.29) is 30.7 Å². The molecule has 174 valence electrons. The second-order valence-electron chi connectivity index (χ2n) is 8.30. The lowest BCUT2D eigenvalue weighted by atomic mass is 10.1. The highest BCUT2D eigenvalue weighted by Gasteiger charge is 2.22. The van der Waals surface area contributed by atoms with Gasteiger partial charge >= 0.3 is 0 Å². The second kappa shape index (κ2) is 9.71. The van der Waals surface area contributed by atoms with E-state index in [1.807, 2.05) is 25.1 Å². The summed E-state index contributed by atoms with van der Waals surface area (Å²) in [5.74, 6) is -0.130. The maximum atomic E-state index is 14.5. The highest BCUT2D eigenvalue weighted by molar-refractivity contribution is 6.31. The quantitative estimate of drug-likeness (QED) is 0.585. The molecule has 33 heavy (non-hydrogen) atoms. The van der Waals surface area contributed by atoms with Gasteiger partial charge in [-0.25, -0.2) is 4.39 Å². The minimum Gasteiger partial charge on any atom is -0.481 e. The zero-order valence-electron chi connectivity index (χ0n) is 18.2. The molecule has 1 N–H and O–H groups in total. The number of anilines is 2. The predicted octanol–water partition coefficient (Wildman–Crippen LogP) is 4.45. The van der Waals surface area contributed by atoms with Crippen LogP contribution in [0.2, 0.25) is 5.02 Å². The van der Waals surface area contributed by atoms with E-state index in [0.29, 0.717) is 28.4 Å². The number of carbonyl (C=O) groups is 1. The number of nitrogens with zero attached hydrogens (tertiary/aromatic N) is 3. The maximum Gasteiger partial charge on any atom is 0.262 e. The summed E-state index contributed by atoms with van der Waals surface area (Å²) in [5, 5.41) is 4.54. The second-order valence-corrected chi connectivity index (χ2v) is 8.74. The van der Waals surface area contributed by atoms with Crippen molar-refractivity contribution in [2.45, 2.75) is 13.3 Å². The number of amides is 1. The first-order valence-corrected chi connectivity index (χ1v) is 11.1. The van der Waals surface area contributed by atoms with E-state index in [2.05, 4.69) is 26.2 Å². The Kier molecular flexibility index (Phi) is 6.93. The Hall–Kier alpha value is -2.61. The summed E-state index contributed by atoms with van der Waals surface area (Å²) < 4.78 is 19.8. The molecule has 9 heteroatoms. The van der Waals surface area contributed by atoms with Gasteiger partial charge in [0, 0.05) is 60.6 Å². The molecule has 6 nitrogen and oxygen atoms in total. The molecule has 0 aliphatic carbocycles. The Bertz CT molecular complexity index is 1190. The van der Waals surface area contributed by atoms with Crippen LogP contribution in [0.3, 0.4) is 0 Å². The molecule has 3 heterocycles. The molecular formula is C24H25Cl2FN4O2. The molecular weight excluding hydrogens is 466 g/mol. The number of nitrogens with one attached hydrogen (secondary N) is 1. The molecule has 0 unspecified atom stereocenters. The van der Waals surface area contributed by atoms with Gasteiger partial charge in [-0.1, -0.05) is 11.6 Å². The third-order valence-corrected chi connectivity index (χ3v) is 6.30. The Labute approximate surface area is 203 Å². The predicted molar refractivity (Wildman–Crippen MR) is 132 cm³/mol. The van der Waals surface area contributed by atoms with Gasteiger partial charge < -0.3 is 15.0 Å². The molecule has 0 radical (unpaired) electrons. The van der Waals surface area contributed by atoms with Crippen LogP contribution < -0.4 is 15.0 Å². The van der Waals surface area contributed by atoms with Gasteiger partial charge in [0.05, 0.1) is 11.2 Å².